The molecule has 0 amide bonds. The zero-order valence-electron chi connectivity index (χ0n) is 24.6. The Bertz CT molecular complexity index is 1350. The Labute approximate surface area is 257 Å². The van der Waals surface area contributed by atoms with E-state index in [4.69, 9.17) is 34.8 Å². The topological polar surface area (TPSA) is 116 Å². The van der Waals surface area contributed by atoms with Crippen molar-refractivity contribution < 1.29 is 38.1 Å². The van der Waals surface area contributed by atoms with E-state index in [2.05, 4.69) is 5.92 Å². The number of terminal acetylenes is 1. The number of methoxy groups -OCH3 is 1. The molecule has 0 radical (unpaired) electrons. The largest absolute Gasteiger partial charge is 0.469 e. The summed E-state index contributed by atoms with van der Waals surface area (Å²) in [5, 5.41) is 13.2. The van der Waals surface area contributed by atoms with Crippen molar-refractivity contribution in [2.75, 3.05) is 20.3 Å². The van der Waals surface area contributed by atoms with Crippen LogP contribution in [0.15, 0.2) is 91.0 Å². The highest BCUT2D eigenvalue weighted by atomic mass is 16.7. The van der Waals surface area contributed by atoms with Crippen LogP contribution in [0.25, 0.3) is 0 Å². The van der Waals surface area contributed by atoms with Crippen LogP contribution in [0.1, 0.15) is 29.5 Å². The SMILES string of the molecule is C#CCO[C@H]1O[C@H](COCc2ccccc2)[C@H](OCc2ccccc2)[C@H](OCc2ccccc2)[C@@]1(CCC(=O)OC)[N+](=O)[O-]. The Morgan fingerprint density at radius 3 is 1.95 bits per heavy atom. The van der Waals surface area contributed by atoms with Crippen LogP contribution in [0.2, 0.25) is 0 Å². The van der Waals surface area contributed by atoms with Crippen LogP contribution in [-0.2, 0) is 53.0 Å². The molecule has 5 atom stereocenters. The molecule has 3 aromatic rings. The second kappa shape index (κ2) is 16.7. The molecule has 10 heteroatoms. The summed E-state index contributed by atoms with van der Waals surface area (Å²) in [6.07, 6.45) is 0.308. The summed E-state index contributed by atoms with van der Waals surface area (Å²) in [7, 11) is 1.22. The van der Waals surface area contributed by atoms with Crippen LogP contribution < -0.4 is 0 Å². The molecule has 1 saturated heterocycles. The zero-order chi connectivity index (χ0) is 31.2. The maximum Gasteiger partial charge on any atom is 0.305 e. The van der Waals surface area contributed by atoms with E-state index in [0.29, 0.717) is 0 Å². The van der Waals surface area contributed by atoms with Crippen LogP contribution in [-0.4, -0.2) is 61.4 Å². The van der Waals surface area contributed by atoms with Gasteiger partial charge in [0.15, 0.2) is 6.10 Å². The fourth-order valence-electron chi connectivity index (χ4n) is 5.18. The molecule has 232 valence electrons. The monoisotopic (exact) mass is 603 g/mol. The van der Waals surface area contributed by atoms with Crippen molar-refractivity contribution in [1.82, 2.24) is 0 Å². The normalized spacial score (nSPS) is 23.0. The molecule has 1 aliphatic heterocycles. The van der Waals surface area contributed by atoms with E-state index in [9.17, 15) is 14.9 Å². The second-order valence-electron chi connectivity index (χ2n) is 10.3. The van der Waals surface area contributed by atoms with E-state index < -0.39 is 41.0 Å². The van der Waals surface area contributed by atoms with Crippen molar-refractivity contribution in [3.63, 3.8) is 0 Å². The average molecular weight is 604 g/mol. The second-order valence-corrected chi connectivity index (χ2v) is 10.3. The van der Waals surface area contributed by atoms with Gasteiger partial charge in [-0.25, -0.2) is 0 Å². The molecule has 10 nitrogen and oxygen atoms in total. The third kappa shape index (κ3) is 8.50. The molecule has 4 rings (SSSR count). The summed E-state index contributed by atoms with van der Waals surface area (Å²) in [6.45, 7) is 0.178. The average Bonchev–Trinajstić information content (AvgIpc) is 3.06. The molecule has 44 heavy (non-hydrogen) atoms. The zero-order valence-corrected chi connectivity index (χ0v) is 24.6. The highest BCUT2D eigenvalue weighted by Gasteiger charge is 2.67. The maximum absolute atomic E-state index is 13.2. The van der Waals surface area contributed by atoms with Crippen molar-refractivity contribution in [3.05, 3.63) is 118 Å². The van der Waals surface area contributed by atoms with Crippen molar-refractivity contribution in [2.45, 2.75) is 62.8 Å². The van der Waals surface area contributed by atoms with Gasteiger partial charge in [-0.05, 0) is 16.7 Å². The summed E-state index contributed by atoms with van der Waals surface area (Å²) < 4.78 is 35.9. The molecule has 0 spiro atoms. The van der Waals surface area contributed by atoms with E-state index >= 15 is 0 Å². The Morgan fingerprint density at radius 1 is 0.886 bits per heavy atom. The van der Waals surface area contributed by atoms with Crippen LogP contribution in [0.4, 0.5) is 0 Å². The lowest BCUT2D eigenvalue weighted by Crippen LogP contribution is -2.71. The van der Waals surface area contributed by atoms with E-state index in [-0.39, 0.29) is 45.9 Å². The number of carbonyl (C=O) groups excluding carboxylic acids is 1. The fraction of sp³-hybridized carbons (Fsp3) is 0.382. The summed E-state index contributed by atoms with van der Waals surface area (Å²) in [5.41, 5.74) is 0.505. The first-order valence-corrected chi connectivity index (χ1v) is 14.3. The van der Waals surface area contributed by atoms with Gasteiger partial charge in [-0.1, -0.05) is 96.9 Å². The van der Waals surface area contributed by atoms with Crippen LogP contribution >= 0.6 is 0 Å². The van der Waals surface area contributed by atoms with Gasteiger partial charge >= 0.3 is 11.5 Å². The van der Waals surface area contributed by atoms with Gasteiger partial charge < -0.3 is 28.4 Å². The van der Waals surface area contributed by atoms with E-state index in [1.807, 2.05) is 91.0 Å². The lowest BCUT2D eigenvalue weighted by Gasteiger charge is -2.48. The first-order valence-electron chi connectivity index (χ1n) is 14.3. The molecule has 1 fully saturated rings. The Morgan fingerprint density at radius 2 is 1.43 bits per heavy atom. The summed E-state index contributed by atoms with van der Waals surface area (Å²) in [4.78, 5) is 25.0. The summed E-state index contributed by atoms with van der Waals surface area (Å²) in [6, 6.07) is 28.3. The van der Waals surface area contributed by atoms with E-state index in [1.165, 1.54) is 7.11 Å². The molecular formula is C34H37NO9. The van der Waals surface area contributed by atoms with Crippen molar-refractivity contribution in [1.29, 1.82) is 0 Å². The number of nitrogens with zero attached hydrogens (tertiary/aromatic N) is 1. The van der Waals surface area contributed by atoms with Crippen LogP contribution in [0.3, 0.4) is 0 Å². The summed E-state index contributed by atoms with van der Waals surface area (Å²) >= 11 is 0. The molecule has 3 aromatic carbocycles. The highest BCUT2D eigenvalue weighted by molar-refractivity contribution is 5.69. The third-order valence-electron chi connectivity index (χ3n) is 7.43. The quantitative estimate of drug-likeness (QED) is 0.0993. The van der Waals surface area contributed by atoms with Gasteiger partial charge in [0.1, 0.15) is 18.8 Å². The standard InChI is InChI=1S/C34H37NO9/c1-3-21-41-33-34(35(37)38,20-19-30(36)39-2)32(43-24-28-17-11-6-12-18-28)31(42-23-27-15-9-5-10-16-27)29(44-33)25-40-22-26-13-7-4-8-14-26/h1,4-18,29,31-33H,19-25H2,2H3/t29-,31+,32+,33+,34-/m1/s1. The van der Waals surface area contributed by atoms with Gasteiger partial charge in [0.05, 0.1) is 40.0 Å². The molecule has 0 saturated carbocycles. The summed E-state index contributed by atoms with van der Waals surface area (Å²) in [5.74, 6) is 1.73. The van der Waals surface area contributed by atoms with Crippen LogP contribution in [0.5, 0.6) is 0 Å². The number of carbonyl (C=O) groups is 1. The number of ether oxygens (including phenoxy) is 6. The van der Waals surface area contributed by atoms with E-state index in [1.54, 1.807) is 0 Å². The molecule has 0 bridgehead atoms. The number of hydrogen-bond acceptors (Lipinski definition) is 9. The first-order chi connectivity index (χ1) is 21.5. The lowest BCUT2D eigenvalue weighted by atomic mass is 9.79. The third-order valence-corrected chi connectivity index (χ3v) is 7.43. The molecule has 1 heterocycles. The van der Waals surface area contributed by atoms with Gasteiger partial charge in [-0.3, -0.25) is 14.9 Å². The number of rotatable bonds is 16. The number of nitro groups is 1. The molecule has 1 aliphatic rings. The van der Waals surface area contributed by atoms with Gasteiger partial charge in [-0.15, -0.1) is 6.42 Å². The molecule has 0 N–H and O–H groups in total. The molecule has 0 aromatic heterocycles. The lowest BCUT2D eigenvalue weighted by molar-refractivity contribution is -0.626. The maximum atomic E-state index is 13.2. The van der Waals surface area contributed by atoms with Gasteiger partial charge in [0, 0.05) is 11.3 Å². The van der Waals surface area contributed by atoms with Crippen LogP contribution in [0, 0.1) is 22.5 Å². The van der Waals surface area contributed by atoms with Crippen molar-refractivity contribution >= 4 is 5.97 Å². The minimum absolute atomic E-state index is 0.0141. The van der Waals surface area contributed by atoms with Gasteiger partial charge in [0.25, 0.3) is 0 Å². The minimum atomic E-state index is -2.09. The van der Waals surface area contributed by atoms with Gasteiger partial charge in [0.2, 0.25) is 6.29 Å². The molecule has 0 unspecified atom stereocenters. The smallest absolute Gasteiger partial charge is 0.305 e. The minimum Gasteiger partial charge on any atom is -0.469 e. The van der Waals surface area contributed by atoms with Crippen molar-refractivity contribution in [2.24, 2.45) is 0 Å². The Kier molecular flexibility index (Phi) is 12.4. The molecular weight excluding hydrogens is 566 g/mol. The number of benzene rings is 3. The predicted molar refractivity (Wildman–Crippen MR) is 161 cm³/mol. The predicted octanol–water partition coefficient (Wildman–Crippen LogP) is 4.72. The Hall–Kier alpha value is -4.11. The molecule has 0 aliphatic carbocycles. The highest BCUT2D eigenvalue weighted by Crippen LogP contribution is 2.41. The fourth-order valence-corrected chi connectivity index (χ4v) is 5.18. The first kappa shape index (κ1) is 32.8. The van der Waals surface area contributed by atoms with Gasteiger partial charge in [-0.2, -0.15) is 0 Å². The Balaban J connectivity index is 1.73. The number of esters is 1. The van der Waals surface area contributed by atoms with Crippen molar-refractivity contribution in [3.8, 4) is 12.3 Å². The number of hydrogen-bond donors (Lipinski definition) is 0. The van der Waals surface area contributed by atoms with E-state index in [0.717, 1.165) is 16.7 Å².